The fourth-order valence-corrected chi connectivity index (χ4v) is 1.82. The molecule has 1 aromatic carbocycles. The molecule has 104 valence electrons. The fraction of sp³-hybridized carbons (Fsp3) is 0.154. The second kappa shape index (κ2) is 6.67. The lowest BCUT2D eigenvalue weighted by Gasteiger charge is -2.07. The molecular weight excluding hydrogens is 346 g/mol. The molecule has 7 heteroatoms. The Bertz CT molecular complexity index is 599. The minimum absolute atomic E-state index is 0.105. The molecule has 1 heterocycles. The van der Waals surface area contributed by atoms with E-state index in [0.29, 0.717) is 10.2 Å². The summed E-state index contributed by atoms with van der Waals surface area (Å²) in [5, 5.41) is 2.66. The maximum atomic E-state index is 11.6. The largest absolute Gasteiger partial charge is 0.444 e. The summed E-state index contributed by atoms with van der Waals surface area (Å²) in [5.74, 6) is 0.105. The Labute approximate surface area is 129 Å². The molecule has 1 N–H and O–H groups in total. The fourth-order valence-electron chi connectivity index (χ4n) is 1.43. The Morgan fingerprint density at radius 3 is 2.70 bits per heavy atom. The number of amides is 1. The number of nitrogens with one attached hydrogen (secondary N) is 1. The topological polar surface area (TPSA) is 64.1 Å². The first-order chi connectivity index (χ1) is 9.56. The van der Waals surface area contributed by atoms with Gasteiger partial charge in [-0.1, -0.05) is 41.9 Å². The van der Waals surface area contributed by atoms with Gasteiger partial charge >= 0.3 is 6.09 Å². The van der Waals surface area contributed by atoms with E-state index >= 15 is 0 Å². The van der Waals surface area contributed by atoms with Crippen molar-refractivity contribution in [2.75, 3.05) is 5.32 Å². The molecule has 0 bridgehead atoms. The maximum Gasteiger partial charge on any atom is 0.414 e. The molecule has 2 aromatic rings. The zero-order valence-electron chi connectivity index (χ0n) is 10.6. The van der Waals surface area contributed by atoms with Crippen molar-refractivity contribution in [2.45, 2.75) is 13.5 Å². The van der Waals surface area contributed by atoms with Crippen LogP contribution in [-0.4, -0.2) is 16.1 Å². The lowest BCUT2D eigenvalue weighted by Crippen LogP contribution is -2.16. The highest BCUT2D eigenvalue weighted by molar-refractivity contribution is 9.10. The predicted octanol–water partition coefficient (Wildman–Crippen LogP) is 3.95. The standard InChI is InChI=1S/C13H11BrClN3O2/c1-8-10(14)11(15)17-12(16-8)18-13(19)20-7-9-5-3-2-4-6-9/h2-6H,7H2,1H3,(H,16,17,18,19). The summed E-state index contributed by atoms with van der Waals surface area (Å²) >= 11 is 9.13. The van der Waals surface area contributed by atoms with E-state index in [1.807, 2.05) is 30.3 Å². The van der Waals surface area contributed by atoms with Gasteiger partial charge in [0.15, 0.2) is 0 Å². The first kappa shape index (κ1) is 14.7. The number of halogens is 2. The zero-order chi connectivity index (χ0) is 14.5. The molecule has 2 rings (SSSR count). The summed E-state index contributed by atoms with van der Waals surface area (Å²) in [7, 11) is 0. The molecular formula is C13H11BrClN3O2. The van der Waals surface area contributed by atoms with Crippen LogP contribution in [0.25, 0.3) is 0 Å². The van der Waals surface area contributed by atoms with Crippen LogP contribution in [0.4, 0.5) is 10.7 Å². The molecule has 1 amide bonds. The second-order valence-electron chi connectivity index (χ2n) is 3.92. The van der Waals surface area contributed by atoms with E-state index in [9.17, 15) is 4.79 Å². The van der Waals surface area contributed by atoms with E-state index < -0.39 is 6.09 Å². The van der Waals surface area contributed by atoms with Crippen LogP contribution in [0.2, 0.25) is 5.15 Å². The summed E-state index contributed by atoms with van der Waals surface area (Å²) in [5.41, 5.74) is 1.52. The SMILES string of the molecule is Cc1nc(NC(=O)OCc2ccccc2)nc(Cl)c1Br. The number of ether oxygens (including phenoxy) is 1. The molecule has 0 fully saturated rings. The van der Waals surface area contributed by atoms with Crippen LogP contribution in [0, 0.1) is 6.92 Å². The number of benzene rings is 1. The zero-order valence-corrected chi connectivity index (χ0v) is 12.9. The van der Waals surface area contributed by atoms with Crippen molar-refractivity contribution >= 4 is 39.6 Å². The van der Waals surface area contributed by atoms with Gasteiger partial charge in [-0.3, -0.25) is 5.32 Å². The minimum Gasteiger partial charge on any atom is -0.444 e. The smallest absolute Gasteiger partial charge is 0.414 e. The molecule has 0 aliphatic rings. The van der Waals surface area contributed by atoms with Crippen molar-refractivity contribution in [1.82, 2.24) is 9.97 Å². The molecule has 0 unspecified atom stereocenters. The lowest BCUT2D eigenvalue weighted by atomic mass is 10.2. The van der Waals surface area contributed by atoms with Gasteiger partial charge in [-0.15, -0.1) is 0 Å². The van der Waals surface area contributed by atoms with E-state index in [-0.39, 0.29) is 17.7 Å². The number of aromatic nitrogens is 2. The van der Waals surface area contributed by atoms with Crippen LogP contribution in [0.15, 0.2) is 34.8 Å². The monoisotopic (exact) mass is 355 g/mol. The molecule has 0 radical (unpaired) electrons. The van der Waals surface area contributed by atoms with Gasteiger partial charge in [0.25, 0.3) is 0 Å². The second-order valence-corrected chi connectivity index (χ2v) is 5.08. The molecule has 5 nitrogen and oxygen atoms in total. The average molecular weight is 357 g/mol. The normalized spacial score (nSPS) is 10.2. The van der Waals surface area contributed by atoms with Crippen LogP contribution in [0.5, 0.6) is 0 Å². The van der Waals surface area contributed by atoms with Crippen LogP contribution in [0.3, 0.4) is 0 Å². The van der Waals surface area contributed by atoms with Gasteiger partial charge < -0.3 is 4.74 Å². The van der Waals surface area contributed by atoms with Crippen LogP contribution in [0.1, 0.15) is 11.3 Å². The van der Waals surface area contributed by atoms with Gasteiger partial charge in [-0.05, 0) is 28.4 Å². The van der Waals surface area contributed by atoms with E-state index in [1.165, 1.54) is 0 Å². The highest BCUT2D eigenvalue weighted by atomic mass is 79.9. The van der Waals surface area contributed by atoms with Gasteiger partial charge in [0, 0.05) is 0 Å². The molecule has 0 saturated heterocycles. The molecule has 0 aliphatic carbocycles. The Hall–Kier alpha value is -1.66. The third-order valence-electron chi connectivity index (χ3n) is 2.40. The van der Waals surface area contributed by atoms with Crippen molar-refractivity contribution in [3.8, 4) is 0 Å². The molecule has 1 aromatic heterocycles. The van der Waals surface area contributed by atoms with E-state index in [4.69, 9.17) is 16.3 Å². The van der Waals surface area contributed by atoms with Crippen molar-refractivity contribution in [3.63, 3.8) is 0 Å². The van der Waals surface area contributed by atoms with Crippen LogP contribution in [-0.2, 0) is 11.3 Å². The number of hydrogen-bond acceptors (Lipinski definition) is 4. The van der Waals surface area contributed by atoms with Gasteiger partial charge in [0.05, 0.1) is 10.2 Å². The summed E-state index contributed by atoms with van der Waals surface area (Å²) < 4.78 is 5.66. The van der Waals surface area contributed by atoms with Crippen molar-refractivity contribution in [3.05, 3.63) is 51.2 Å². The average Bonchev–Trinajstić information content (AvgIpc) is 2.43. The number of nitrogens with zero attached hydrogens (tertiary/aromatic N) is 2. The van der Waals surface area contributed by atoms with E-state index in [0.717, 1.165) is 5.56 Å². The van der Waals surface area contributed by atoms with E-state index in [2.05, 4.69) is 31.2 Å². The summed E-state index contributed by atoms with van der Waals surface area (Å²) in [4.78, 5) is 19.6. The minimum atomic E-state index is -0.633. The van der Waals surface area contributed by atoms with Gasteiger partial charge in [-0.25, -0.2) is 9.78 Å². The third kappa shape index (κ3) is 3.91. The number of carbonyl (C=O) groups is 1. The summed E-state index contributed by atoms with van der Waals surface area (Å²) in [6, 6.07) is 9.37. The van der Waals surface area contributed by atoms with E-state index in [1.54, 1.807) is 6.92 Å². The summed E-state index contributed by atoms with van der Waals surface area (Å²) in [6.45, 7) is 1.92. The predicted molar refractivity (Wildman–Crippen MR) is 79.7 cm³/mol. The Kier molecular flexibility index (Phi) is 4.92. The Morgan fingerprint density at radius 1 is 1.35 bits per heavy atom. The number of carbonyl (C=O) groups excluding carboxylic acids is 1. The lowest BCUT2D eigenvalue weighted by molar-refractivity contribution is 0.155. The van der Waals surface area contributed by atoms with Crippen LogP contribution >= 0.6 is 27.5 Å². The molecule has 0 atom stereocenters. The summed E-state index contributed by atoms with van der Waals surface area (Å²) in [6.07, 6.45) is -0.633. The highest BCUT2D eigenvalue weighted by Crippen LogP contribution is 2.23. The van der Waals surface area contributed by atoms with Gasteiger partial charge in [-0.2, -0.15) is 4.98 Å². The first-order valence-electron chi connectivity index (χ1n) is 5.73. The van der Waals surface area contributed by atoms with Gasteiger partial charge in [0.2, 0.25) is 5.95 Å². The number of anilines is 1. The number of hydrogen-bond donors (Lipinski definition) is 1. The maximum absolute atomic E-state index is 11.6. The number of rotatable bonds is 3. The molecule has 0 aliphatic heterocycles. The Morgan fingerprint density at radius 2 is 2.05 bits per heavy atom. The van der Waals surface area contributed by atoms with Gasteiger partial charge in [0.1, 0.15) is 11.8 Å². The molecule has 0 spiro atoms. The highest BCUT2D eigenvalue weighted by Gasteiger charge is 2.10. The quantitative estimate of drug-likeness (QED) is 0.846. The number of aryl methyl sites for hydroxylation is 1. The van der Waals surface area contributed by atoms with Crippen LogP contribution < -0.4 is 5.32 Å². The van der Waals surface area contributed by atoms with Crippen molar-refractivity contribution in [1.29, 1.82) is 0 Å². The molecule has 0 saturated carbocycles. The van der Waals surface area contributed by atoms with Crippen molar-refractivity contribution < 1.29 is 9.53 Å². The van der Waals surface area contributed by atoms with Crippen molar-refractivity contribution in [2.24, 2.45) is 0 Å². The first-order valence-corrected chi connectivity index (χ1v) is 6.90. The molecule has 20 heavy (non-hydrogen) atoms. The Balaban J connectivity index is 1.95. The third-order valence-corrected chi connectivity index (χ3v) is 3.85.